The van der Waals surface area contributed by atoms with Crippen LogP contribution in [-0.4, -0.2) is 0 Å². The molecule has 96 valence electrons. The van der Waals surface area contributed by atoms with Crippen molar-refractivity contribution in [3.8, 4) is 0 Å². The molecule has 6 heteroatoms. The second-order valence-corrected chi connectivity index (χ2v) is 8.49. The minimum atomic E-state index is 0.100. The maximum absolute atomic E-state index is 5.67. The summed E-state index contributed by atoms with van der Waals surface area (Å²) in [6.07, 6.45) is 0.853. The fraction of sp³-hybridized carbons (Fsp3) is 0.167. The fourth-order valence-corrected chi connectivity index (χ4v) is 4.94. The highest BCUT2D eigenvalue weighted by Gasteiger charge is 2.16. The third-order valence-corrected chi connectivity index (χ3v) is 5.53. The molecule has 0 spiro atoms. The van der Waals surface area contributed by atoms with Crippen molar-refractivity contribution in [3.63, 3.8) is 0 Å². The van der Waals surface area contributed by atoms with E-state index in [9.17, 15) is 0 Å². The van der Waals surface area contributed by atoms with Crippen LogP contribution in [0.4, 0.5) is 0 Å². The summed E-state index contributed by atoms with van der Waals surface area (Å²) in [7, 11) is 0. The van der Waals surface area contributed by atoms with Gasteiger partial charge in [-0.15, -0.1) is 11.3 Å². The average molecular weight is 455 g/mol. The second-order valence-electron chi connectivity index (χ2n) is 3.83. The Morgan fingerprint density at radius 3 is 2.33 bits per heavy atom. The van der Waals surface area contributed by atoms with E-state index in [1.165, 1.54) is 11.1 Å². The summed E-state index contributed by atoms with van der Waals surface area (Å²) < 4.78 is 3.29. The van der Waals surface area contributed by atoms with Crippen LogP contribution >= 0.6 is 59.1 Å². The van der Waals surface area contributed by atoms with E-state index in [0.717, 1.165) is 18.5 Å². The first-order valence-corrected chi connectivity index (χ1v) is 8.45. The zero-order valence-electron chi connectivity index (χ0n) is 9.29. The van der Waals surface area contributed by atoms with Crippen LogP contribution in [-0.2, 0) is 6.42 Å². The monoisotopic (exact) mass is 452 g/mol. The third kappa shape index (κ3) is 3.65. The van der Waals surface area contributed by atoms with Gasteiger partial charge in [0.25, 0.3) is 0 Å². The Morgan fingerprint density at radius 1 is 1.17 bits per heavy atom. The van der Waals surface area contributed by atoms with Crippen molar-refractivity contribution >= 4 is 59.1 Å². The molecule has 0 fully saturated rings. The van der Waals surface area contributed by atoms with E-state index in [0.29, 0.717) is 0 Å². The third-order valence-electron chi connectivity index (χ3n) is 2.61. The van der Waals surface area contributed by atoms with E-state index < -0.39 is 0 Å². The van der Waals surface area contributed by atoms with Crippen molar-refractivity contribution in [1.82, 2.24) is 5.43 Å². The van der Waals surface area contributed by atoms with Crippen LogP contribution in [0.1, 0.15) is 17.2 Å². The lowest BCUT2D eigenvalue weighted by Gasteiger charge is -2.15. The van der Waals surface area contributed by atoms with E-state index in [4.69, 9.17) is 5.84 Å². The molecule has 18 heavy (non-hydrogen) atoms. The Balaban J connectivity index is 2.19. The van der Waals surface area contributed by atoms with Gasteiger partial charge in [0.1, 0.15) is 0 Å². The van der Waals surface area contributed by atoms with Gasteiger partial charge in [0, 0.05) is 4.47 Å². The summed E-state index contributed by atoms with van der Waals surface area (Å²) in [4.78, 5) is 0. The molecule has 0 bridgehead atoms. The van der Waals surface area contributed by atoms with Gasteiger partial charge in [-0.25, -0.2) is 0 Å². The first-order chi connectivity index (χ1) is 8.60. The lowest BCUT2D eigenvalue weighted by atomic mass is 10.0. The smallest absolute Gasteiger partial charge is 0.0758 e. The molecule has 1 unspecified atom stereocenters. The maximum Gasteiger partial charge on any atom is 0.0758 e. The molecular formula is C12H11Br3N2S. The van der Waals surface area contributed by atoms with Gasteiger partial charge in [0.15, 0.2) is 0 Å². The number of rotatable bonds is 4. The number of nitrogens with two attached hydrogens (primary N) is 1. The van der Waals surface area contributed by atoms with Gasteiger partial charge >= 0.3 is 0 Å². The van der Waals surface area contributed by atoms with E-state index in [-0.39, 0.29) is 6.04 Å². The predicted octanol–water partition coefficient (Wildman–Crippen LogP) is 4.78. The van der Waals surface area contributed by atoms with Crippen molar-refractivity contribution in [2.75, 3.05) is 0 Å². The van der Waals surface area contributed by atoms with Crippen molar-refractivity contribution in [3.05, 3.63) is 53.5 Å². The normalized spacial score (nSPS) is 12.7. The predicted molar refractivity (Wildman–Crippen MR) is 87.6 cm³/mol. The number of hydrogen-bond donors (Lipinski definition) is 2. The molecule has 0 aliphatic heterocycles. The number of nitrogens with one attached hydrogen (secondary N) is 1. The largest absolute Gasteiger partial charge is 0.271 e. The van der Waals surface area contributed by atoms with Crippen LogP contribution in [0, 0.1) is 0 Å². The number of hydrazine groups is 1. The van der Waals surface area contributed by atoms with Crippen molar-refractivity contribution in [1.29, 1.82) is 0 Å². The maximum atomic E-state index is 5.67. The number of thiophene rings is 1. The lowest BCUT2D eigenvalue weighted by Crippen LogP contribution is -2.29. The Morgan fingerprint density at radius 2 is 1.83 bits per heavy atom. The topological polar surface area (TPSA) is 38.0 Å². The van der Waals surface area contributed by atoms with Crippen molar-refractivity contribution in [2.24, 2.45) is 5.84 Å². The molecule has 0 radical (unpaired) electrons. The molecule has 2 rings (SSSR count). The van der Waals surface area contributed by atoms with Gasteiger partial charge in [0.2, 0.25) is 0 Å². The highest BCUT2D eigenvalue weighted by Crippen LogP contribution is 2.36. The van der Waals surface area contributed by atoms with E-state index >= 15 is 0 Å². The summed E-state index contributed by atoms with van der Waals surface area (Å²) in [5.41, 5.74) is 5.30. The summed E-state index contributed by atoms with van der Waals surface area (Å²) in [5, 5.41) is 0. The molecule has 0 aliphatic carbocycles. The number of halogens is 3. The molecule has 2 nitrogen and oxygen atoms in total. The minimum Gasteiger partial charge on any atom is -0.271 e. The molecule has 1 aromatic carbocycles. The highest BCUT2D eigenvalue weighted by atomic mass is 79.9. The zero-order valence-corrected chi connectivity index (χ0v) is 14.9. The summed E-state index contributed by atoms with van der Waals surface area (Å²) in [5.74, 6) is 5.67. The van der Waals surface area contributed by atoms with E-state index in [1.807, 2.05) is 12.1 Å². The molecule has 1 atom stereocenters. The van der Waals surface area contributed by atoms with Crippen LogP contribution < -0.4 is 11.3 Å². The van der Waals surface area contributed by atoms with Crippen LogP contribution in [0.5, 0.6) is 0 Å². The number of benzene rings is 1. The number of hydrogen-bond acceptors (Lipinski definition) is 3. The molecule has 0 saturated carbocycles. The first-order valence-electron chi connectivity index (χ1n) is 5.25. The summed E-state index contributed by atoms with van der Waals surface area (Å²) >= 11 is 12.2. The van der Waals surface area contributed by atoms with Crippen molar-refractivity contribution in [2.45, 2.75) is 12.5 Å². The molecule has 3 N–H and O–H groups in total. The second kappa shape index (κ2) is 6.63. The average Bonchev–Trinajstić information content (AvgIpc) is 2.68. The van der Waals surface area contributed by atoms with Crippen LogP contribution in [0.2, 0.25) is 0 Å². The molecular weight excluding hydrogens is 444 g/mol. The summed E-state index contributed by atoms with van der Waals surface area (Å²) in [6, 6.07) is 10.5. The van der Waals surface area contributed by atoms with Gasteiger partial charge < -0.3 is 0 Å². The lowest BCUT2D eigenvalue weighted by molar-refractivity contribution is 0.552. The quantitative estimate of drug-likeness (QED) is 0.515. The van der Waals surface area contributed by atoms with Gasteiger partial charge in [0.05, 0.1) is 13.6 Å². The Hall–Kier alpha value is 0.280. The van der Waals surface area contributed by atoms with E-state index in [2.05, 4.69) is 71.4 Å². The Bertz CT molecular complexity index is 525. The standard InChI is InChI=1S/C12H11Br3N2S/c13-8-3-1-7(2-4-8)5-10(17-16)9-6-11(14)18-12(9)15/h1-4,6,10,17H,5,16H2. The molecule has 0 amide bonds. The Labute approximate surface area is 135 Å². The van der Waals surface area contributed by atoms with Crippen LogP contribution in [0.15, 0.2) is 42.4 Å². The molecule has 0 saturated heterocycles. The SMILES string of the molecule is NNC(Cc1ccc(Br)cc1)c1cc(Br)sc1Br. The Kier molecular flexibility index (Phi) is 5.41. The minimum absolute atomic E-state index is 0.100. The molecule has 2 aromatic rings. The van der Waals surface area contributed by atoms with Gasteiger partial charge in [-0.3, -0.25) is 11.3 Å². The van der Waals surface area contributed by atoms with Crippen LogP contribution in [0.25, 0.3) is 0 Å². The zero-order chi connectivity index (χ0) is 13.1. The highest BCUT2D eigenvalue weighted by molar-refractivity contribution is 9.12. The van der Waals surface area contributed by atoms with E-state index in [1.54, 1.807) is 11.3 Å². The van der Waals surface area contributed by atoms with Crippen LogP contribution in [0.3, 0.4) is 0 Å². The fourth-order valence-electron chi connectivity index (χ4n) is 1.71. The molecule has 1 aromatic heterocycles. The van der Waals surface area contributed by atoms with Crippen molar-refractivity contribution < 1.29 is 0 Å². The molecule has 1 heterocycles. The summed E-state index contributed by atoms with van der Waals surface area (Å²) in [6.45, 7) is 0. The first kappa shape index (κ1) is 14.7. The van der Waals surface area contributed by atoms with Gasteiger partial charge in [-0.2, -0.15) is 0 Å². The van der Waals surface area contributed by atoms with Gasteiger partial charge in [-0.1, -0.05) is 28.1 Å². The van der Waals surface area contributed by atoms with Gasteiger partial charge in [-0.05, 0) is 67.6 Å². The molecule has 0 aliphatic rings.